The fourth-order valence-electron chi connectivity index (χ4n) is 0. The predicted molar refractivity (Wildman–Crippen MR) is 32.1 cm³/mol. The van der Waals surface area contributed by atoms with E-state index >= 15 is 0 Å². The third-order valence-corrected chi connectivity index (χ3v) is 0. The number of hydrogen-bond acceptors (Lipinski definition) is 3. The summed E-state index contributed by atoms with van der Waals surface area (Å²) in [4.78, 5) is 21.7. The molecule has 0 aromatic rings. The van der Waals surface area contributed by atoms with Crippen LogP contribution in [-0.4, -0.2) is 55.2 Å². The minimum absolute atomic E-state index is 0. The molecule has 0 aromatic carbocycles. The van der Waals surface area contributed by atoms with Gasteiger partial charge < -0.3 is 14.7 Å². The van der Waals surface area contributed by atoms with Crippen molar-refractivity contribution in [2.75, 3.05) is 0 Å². The second-order valence-electron chi connectivity index (χ2n) is 0.268. The summed E-state index contributed by atoms with van der Waals surface area (Å²) in [6.07, 6.45) is 0. The van der Waals surface area contributed by atoms with Crippen LogP contribution in [0.4, 0.5) is 0 Å². The Kier molecular flexibility index (Phi) is 25.4. The van der Waals surface area contributed by atoms with Crippen molar-refractivity contribution in [2.45, 2.75) is 0 Å². The summed E-state index contributed by atoms with van der Waals surface area (Å²) in [7, 11) is -2.62. The van der Waals surface area contributed by atoms with Crippen LogP contribution in [-0.2, 0) is 0 Å². The molecular formula is H8NaO3PSi. The molecule has 0 fully saturated rings. The van der Waals surface area contributed by atoms with E-state index in [1.807, 2.05) is 0 Å². The van der Waals surface area contributed by atoms with Crippen molar-refractivity contribution in [3.8, 4) is 0 Å². The van der Waals surface area contributed by atoms with Crippen LogP contribution >= 0.6 is 8.60 Å². The van der Waals surface area contributed by atoms with Crippen LogP contribution in [0, 0.1) is 0 Å². The Bertz CT molecular complexity index is 15.5. The summed E-state index contributed by atoms with van der Waals surface area (Å²) in [5, 5.41) is 0. The van der Waals surface area contributed by atoms with E-state index in [2.05, 4.69) is 0 Å². The van der Waals surface area contributed by atoms with Crippen LogP contribution in [0.15, 0.2) is 0 Å². The number of rotatable bonds is 0. The van der Waals surface area contributed by atoms with E-state index in [4.69, 9.17) is 14.7 Å². The SMILES string of the molecule is OP(O)O.[NaH].[SiH4]. The largest absolute Gasteiger partial charge is 0.0149 e. The van der Waals surface area contributed by atoms with Gasteiger partial charge in [0.15, 0.2) is 0 Å². The van der Waals surface area contributed by atoms with Crippen molar-refractivity contribution in [3.05, 3.63) is 0 Å². The summed E-state index contributed by atoms with van der Waals surface area (Å²) < 4.78 is 0. The smallest absolute Gasteiger partial charge is 0.0149 e. The summed E-state index contributed by atoms with van der Waals surface area (Å²) >= 11 is 0. The molecule has 0 spiro atoms. The van der Waals surface area contributed by atoms with Gasteiger partial charge >= 0.3 is 38.2 Å². The molecule has 0 aliphatic carbocycles. The molecule has 0 aromatic heterocycles. The van der Waals surface area contributed by atoms with Gasteiger partial charge in [-0.15, -0.1) is 0 Å². The van der Waals surface area contributed by atoms with Gasteiger partial charge in [0.25, 0.3) is 0 Å². The Balaban J connectivity index is -0.0000000450. The first-order valence-electron chi connectivity index (χ1n) is 0.600. The molecule has 0 aliphatic heterocycles. The van der Waals surface area contributed by atoms with E-state index in [-0.39, 0.29) is 40.5 Å². The minimum atomic E-state index is -2.62. The average Bonchev–Trinajstić information content (AvgIpc) is 0.811. The van der Waals surface area contributed by atoms with Crippen molar-refractivity contribution in [2.24, 2.45) is 0 Å². The van der Waals surface area contributed by atoms with Crippen molar-refractivity contribution >= 4 is 49.1 Å². The maximum absolute atomic E-state index is 7.23. The molecular weight excluding hydrogens is 130 g/mol. The first-order chi connectivity index (χ1) is 1.73. The molecule has 0 saturated heterocycles. The summed E-state index contributed by atoms with van der Waals surface area (Å²) in [5.74, 6) is 0. The third-order valence-electron chi connectivity index (χ3n) is 0. The third kappa shape index (κ3) is 48.6. The zero-order valence-corrected chi connectivity index (χ0v) is 2.68. The molecule has 3 N–H and O–H groups in total. The van der Waals surface area contributed by atoms with Crippen LogP contribution in [0.1, 0.15) is 0 Å². The second kappa shape index (κ2) is 9.73. The standard InChI is InChI=1S/Na.H3O3P.H4Si.H/c;1-4(2)3;;/h;1-3H;1H4;. The van der Waals surface area contributed by atoms with Gasteiger partial charge in [0, 0.05) is 0 Å². The molecule has 0 heterocycles. The Labute approximate surface area is 63.7 Å². The molecule has 0 atom stereocenters. The van der Waals surface area contributed by atoms with Gasteiger partial charge in [-0.3, -0.25) is 0 Å². The van der Waals surface area contributed by atoms with E-state index in [9.17, 15) is 0 Å². The average molecular weight is 138 g/mol. The Morgan fingerprint density at radius 1 is 1.00 bits per heavy atom. The quantitative estimate of drug-likeness (QED) is 0.248. The first-order valence-corrected chi connectivity index (χ1v) is 1.80. The zero-order chi connectivity index (χ0) is 3.58. The van der Waals surface area contributed by atoms with E-state index in [1.165, 1.54) is 0 Å². The van der Waals surface area contributed by atoms with Crippen LogP contribution < -0.4 is 0 Å². The van der Waals surface area contributed by atoms with Crippen LogP contribution in [0.25, 0.3) is 0 Å². The monoisotopic (exact) mass is 138 g/mol. The van der Waals surface area contributed by atoms with Gasteiger partial charge in [-0.1, -0.05) is 0 Å². The molecule has 0 rings (SSSR count). The Morgan fingerprint density at radius 3 is 1.00 bits per heavy atom. The Hall–Kier alpha value is 1.53. The maximum atomic E-state index is 7.23. The van der Waals surface area contributed by atoms with Gasteiger partial charge in [-0.25, -0.2) is 0 Å². The van der Waals surface area contributed by atoms with E-state index in [0.717, 1.165) is 0 Å². The number of hydrogen-bond donors (Lipinski definition) is 3. The van der Waals surface area contributed by atoms with Crippen LogP contribution in [0.5, 0.6) is 0 Å². The van der Waals surface area contributed by atoms with Gasteiger partial charge in [0.1, 0.15) is 0 Å². The minimum Gasteiger partial charge on any atom is -0.0149 e. The first kappa shape index (κ1) is 15.6. The summed E-state index contributed by atoms with van der Waals surface area (Å²) in [5.41, 5.74) is 0. The topological polar surface area (TPSA) is 60.7 Å². The van der Waals surface area contributed by atoms with Crippen molar-refractivity contribution in [1.82, 2.24) is 0 Å². The molecule has 6 heteroatoms. The second-order valence-corrected chi connectivity index (χ2v) is 0.805. The molecule has 0 radical (unpaired) electrons. The summed E-state index contributed by atoms with van der Waals surface area (Å²) in [6, 6.07) is 0. The Morgan fingerprint density at radius 2 is 1.00 bits per heavy atom. The normalized spacial score (nSPS) is 6.00. The van der Waals surface area contributed by atoms with Crippen molar-refractivity contribution in [1.29, 1.82) is 0 Å². The molecule has 0 amide bonds. The van der Waals surface area contributed by atoms with Crippen molar-refractivity contribution in [3.63, 3.8) is 0 Å². The molecule has 0 aliphatic rings. The molecule has 0 unspecified atom stereocenters. The zero-order valence-electron chi connectivity index (χ0n) is 1.79. The van der Waals surface area contributed by atoms with E-state index < -0.39 is 8.60 Å². The van der Waals surface area contributed by atoms with Gasteiger partial charge in [-0.05, 0) is 11.0 Å². The van der Waals surface area contributed by atoms with Crippen LogP contribution in [0.3, 0.4) is 0 Å². The summed E-state index contributed by atoms with van der Waals surface area (Å²) in [6.45, 7) is 0. The molecule has 6 heavy (non-hydrogen) atoms. The van der Waals surface area contributed by atoms with Gasteiger partial charge in [0.2, 0.25) is 0 Å². The van der Waals surface area contributed by atoms with E-state index in [1.54, 1.807) is 0 Å². The maximum Gasteiger partial charge on any atom is -0.0149 e. The van der Waals surface area contributed by atoms with E-state index in [0.29, 0.717) is 0 Å². The molecule has 36 valence electrons. The molecule has 0 bridgehead atoms. The fraction of sp³-hybridized carbons (Fsp3) is 0. The van der Waals surface area contributed by atoms with Gasteiger partial charge in [-0.2, -0.15) is 0 Å². The van der Waals surface area contributed by atoms with Gasteiger partial charge in [0.05, 0.1) is 0 Å². The molecule has 3 nitrogen and oxygen atoms in total. The van der Waals surface area contributed by atoms with Crippen LogP contribution in [0.2, 0.25) is 0 Å². The predicted octanol–water partition coefficient (Wildman–Crippen LogP) is -2.91. The van der Waals surface area contributed by atoms with Crippen molar-refractivity contribution < 1.29 is 14.7 Å². The fourth-order valence-corrected chi connectivity index (χ4v) is 0. The molecule has 0 saturated carbocycles.